The number of halogens is 1. The summed E-state index contributed by atoms with van der Waals surface area (Å²) in [6, 6.07) is 13.9. The Labute approximate surface area is 146 Å². The van der Waals surface area contributed by atoms with Crippen LogP contribution in [0.1, 0.15) is 5.56 Å². The van der Waals surface area contributed by atoms with Crippen molar-refractivity contribution >= 4 is 38.4 Å². The van der Waals surface area contributed by atoms with Gasteiger partial charge in [0.1, 0.15) is 12.1 Å². The first-order chi connectivity index (χ1) is 11.7. The fraction of sp³-hybridized carbons (Fsp3) is 0.118. The molecule has 2 aromatic heterocycles. The third kappa shape index (κ3) is 2.67. The van der Waals surface area contributed by atoms with Crippen molar-refractivity contribution < 1.29 is 4.74 Å². The molecule has 0 aliphatic carbocycles. The number of ether oxygens (including phenoxy) is 1. The lowest BCUT2D eigenvalue weighted by molar-refractivity contribution is 0.414. The molecule has 120 valence electrons. The zero-order valence-corrected chi connectivity index (χ0v) is 14.5. The molecule has 4 aromatic rings. The van der Waals surface area contributed by atoms with Crippen LogP contribution in [0.25, 0.3) is 16.7 Å². The molecule has 0 fully saturated rings. The van der Waals surface area contributed by atoms with Gasteiger partial charge in [-0.05, 0) is 35.9 Å². The lowest BCUT2D eigenvalue weighted by Gasteiger charge is -2.10. The van der Waals surface area contributed by atoms with Crippen molar-refractivity contribution in [2.75, 3.05) is 12.4 Å². The normalized spacial score (nSPS) is 11.1. The molecule has 0 radical (unpaired) electrons. The third-order valence-electron chi connectivity index (χ3n) is 3.81. The number of methoxy groups -OCH3 is 1. The molecule has 0 spiro atoms. The molecule has 0 saturated carbocycles. The second kappa shape index (κ2) is 6.09. The first-order valence-electron chi connectivity index (χ1n) is 7.40. The van der Waals surface area contributed by atoms with Crippen molar-refractivity contribution in [3.8, 4) is 5.75 Å². The predicted molar refractivity (Wildman–Crippen MR) is 96.3 cm³/mol. The van der Waals surface area contributed by atoms with Gasteiger partial charge in [0.25, 0.3) is 0 Å². The van der Waals surface area contributed by atoms with Gasteiger partial charge in [0.2, 0.25) is 5.65 Å². The zero-order valence-electron chi connectivity index (χ0n) is 12.9. The summed E-state index contributed by atoms with van der Waals surface area (Å²) in [7, 11) is 1.66. The number of anilines is 1. The zero-order chi connectivity index (χ0) is 16.5. The Morgan fingerprint density at radius 3 is 2.79 bits per heavy atom. The van der Waals surface area contributed by atoms with E-state index in [1.165, 1.54) is 0 Å². The number of nitrogens with zero attached hydrogens (tertiary/aromatic N) is 4. The average molecular weight is 384 g/mol. The van der Waals surface area contributed by atoms with Crippen molar-refractivity contribution in [1.29, 1.82) is 0 Å². The quantitative estimate of drug-likeness (QED) is 0.582. The van der Waals surface area contributed by atoms with E-state index in [2.05, 4.69) is 36.4 Å². The van der Waals surface area contributed by atoms with E-state index >= 15 is 0 Å². The van der Waals surface area contributed by atoms with Gasteiger partial charge in [0.15, 0.2) is 5.82 Å². The minimum atomic E-state index is 0.640. The Morgan fingerprint density at radius 2 is 2.00 bits per heavy atom. The number of fused-ring (bicyclic) bond motifs is 3. The minimum absolute atomic E-state index is 0.640. The van der Waals surface area contributed by atoms with E-state index in [-0.39, 0.29) is 0 Å². The molecule has 0 unspecified atom stereocenters. The molecule has 0 aliphatic heterocycles. The second-order valence-corrected chi connectivity index (χ2v) is 6.24. The fourth-order valence-corrected chi connectivity index (χ4v) is 2.92. The van der Waals surface area contributed by atoms with Crippen LogP contribution >= 0.6 is 15.9 Å². The summed E-state index contributed by atoms with van der Waals surface area (Å²) >= 11 is 3.49. The van der Waals surface area contributed by atoms with E-state index in [0.29, 0.717) is 18.0 Å². The van der Waals surface area contributed by atoms with Gasteiger partial charge in [-0.3, -0.25) is 4.40 Å². The van der Waals surface area contributed by atoms with Crippen molar-refractivity contribution in [2.24, 2.45) is 0 Å². The topological polar surface area (TPSA) is 64.3 Å². The van der Waals surface area contributed by atoms with Crippen LogP contribution in [-0.2, 0) is 6.54 Å². The van der Waals surface area contributed by atoms with E-state index in [1.54, 1.807) is 13.4 Å². The molecule has 0 bridgehead atoms. The smallest absolute Gasteiger partial charge is 0.203 e. The number of benzene rings is 2. The van der Waals surface area contributed by atoms with Crippen LogP contribution in [0, 0.1) is 0 Å². The summed E-state index contributed by atoms with van der Waals surface area (Å²) in [6.45, 7) is 0.640. The first-order valence-corrected chi connectivity index (χ1v) is 8.20. The van der Waals surface area contributed by atoms with Gasteiger partial charge in [-0.1, -0.05) is 28.1 Å². The summed E-state index contributed by atoms with van der Waals surface area (Å²) < 4.78 is 8.10. The number of rotatable bonds is 4. The summed E-state index contributed by atoms with van der Waals surface area (Å²) in [6.07, 6.45) is 1.70. The van der Waals surface area contributed by atoms with E-state index in [9.17, 15) is 0 Å². The van der Waals surface area contributed by atoms with E-state index in [4.69, 9.17) is 4.74 Å². The molecule has 1 N–H and O–H groups in total. The van der Waals surface area contributed by atoms with Crippen LogP contribution in [0.2, 0.25) is 0 Å². The SMILES string of the molecule is COc1ccc(CNc2nc3ccc(Br)cc3n3cnnc23)cc1. The van der Waals surface area contributed by atoms with Crippen molar-refractivity contribution in [2.45, 2.75) is 6.54 Å². The maximum atomic E-state index is 5.18. The number of hydrogen-bond donors (Lipinski definition) is 1. The Balaban J connectivity index is 1.69. The monoisotopic (exact) mass is 383 g/mol. The van der Waals surface area contributed by atoms with Gasteiger partial charge in [0.05, 0.1) is 18.1 Å². The van der Waals surface area contributed by atoms with Crippen LogP contribution in [0.3, 0.4) is 0 Å². The summed E-state index contributed by atoms with van der Waals surface area (Å²) in [5.74, 6) is 1.55. The number of hydrogen-bond acceptors (Lipinski definition) is 5. The van der Waals surface area contributed by atoms with Gasteiger partial charge in [0, 0.05) is 11.0 Å². The minimum Gasteiger partial charge on any atom is -0.497 e. The highest BCUT2D eigenvalue weighted by Crippen LogP contribution is 2.23. The number of aromatic nitrogens is 4. The van der Waals surface area contributed by atoms with E-state index in [1.807, 2.05) is 46.9 Å². The summed E-state index contributed by atoms with van der Waals surface area (Å²) in [5, 5.41) is 11.6. The van der Waals surface area contributed by atoms with Gasteiger partial charge >= 0.3 is 0 Å². The molecular weight excluding hydrogens is 370 g/mol. The van der Waals surface area contributed by atoms with Crippen molar-refractivity contribution in [1.82, 2.24) is 19.6 Å². The van der Waals surface area contributed by atoms with Crippen LogP contribution in [0.15, 0.2) is 53.3 Å². The molecule has 0 atom stereocenters. The van der Waals surface area contributed by atoms with Crippen LogP contribution < -0.4 is 10.1 Å². The maximum absolute atomic E-state index is 5.18. The number of nitrogens with one attached hydrogen (secondary N) is 1. The lowest BCUT2D eigenvalue weighted by Crippen LogP contribution is -2.05. The van der Waals surface area contributed by atoms with Gasteiger partial charge in [-0.25, -0.2) is 4.98 Å². The molecule has 6 nitrogen and oxygen atoms in total. The Morgan fingerprint density at radius 1 is 1.17 bits per heavy atom. The molecule has 0 saturated heterocycles. The summed E-state index contributed by atoms with van der Waals surface area (Å²) in [5.41, 5.74) is 3.67. The van der Waals surface area contributed by atoms with E-state index < -0.39 is 0 Å². The molecule has 2 aromatic carbocycles. The van der Waals surface area contributed by atoms with Gasteiger partial charge < -0.3 is 10.1 Å². The van der Waals surface area contributed by atoms with Crippen LogP contribution in [-0.4, -0.2) is 26.7 Å². The lowest BCUT2D eigenvalue weighted by atomic mass is 10.2. The standard InChI is InChI=1S/C17H14BrN5O/c1-24-13-5-2-11(3-6-13)9-19-16-17-22-20-10-23(17)15-8-12(18)4-7-14(15)21-16/h2-8,10H,9H2,1H3,(H,19,21). The second-order valence-electron chi connectivity index (χ2n) is 5.32. The molecule has 0 aliphatic rings. The maximum Gasteiger partial charge on any atom is 0.203 e. The molecular formula is C17H14BrN5O. The molecule has 2 heterocycles. The Hall–Kier alpha value is -2.67. The summed E-state index contributed by atoms with van der Waals surface area (Å²) in [4.78, 5) is 4.69. The highest BCUT2D eigenvalue weighted by atomic mass is 79.9. The van der Waals surface area contributed by atoms with Crippen molar-refractivity contribution in [3.63, 3.8) is 0 Å². The molecule has 0 amide bonds. The fourth-order valence-electron chi connectivity index (χ4n) is 2.58. The highest BCUT2D eigenvalue weighted by Gasteiger charge is 2.10. The van der Waals surface area contributed by atoms with E-state index in [0.717, 1.165) is 26.8 Å². The molecule has 24 heavy (non-hydrogen) atoms. The van der Waals surface area contributed by atoms with Crippen molar-refractivity contribution in [3.05, 3.63) is 58.8 Å². The third-order valence-corrected chi connectivity index (χ3v) is 4.30. The van der Waals surface area contributed by atoms with Crippen LogP contribution in [0.5, 0.6) is 5.75 Å². The molecule has 7 heteroatoms. The Kier molecular flexibility index (Phi) is 3.78. The van der Waals surface area contributed by atoms with Gasteiger partial charge in [-0.15, -0.1) is 10.2 Å². The largest absolute Gasteiger partial charge is 0.497 e. The Bertz CT molecular complexity index is 1010. The van der Waals surface area contributed by atoms with Gasteiger partial charge in [-0.2, -0.15) is 0 Å². The first kappa shape index (κ1) is 14.9. The van der Waals surface area contributed by atoms with Crippen LogP contribution in [0.4, 0.5) is 5.82 Å². The molecule has 4 rings (SSSR count). The predicted octanol–water partition coefficient (Wildman–Crippen LogP) is 3.66. The average Bonchev–Trinajstić information content (AvgIpc) is 3.10. The highest BCUT2D eigenvalue weighted by molar-refractivity contribution is 9.10.